The summed E-state index contributed by atoms with van der Waals surface area (Å²) >= 11 is 0. The summed E-state index contributed by atoms with van der Waals surface area (Å²) in [5.74, 6) is -1.67. The number of amides is 1. The Morgan fingerprint density at radius 3 is 2.55 bits per heavy atom. The number of aliphatic hydroxyl groups is 1. The van der Waals surface area contributed by atoms with Crippen molar-refractivity contribution in [3.05, 3.63) is 107 Å². The molecule has 1 amide bonds. The molecule has 4 aromatic rings. The molecule has 0 aliphatic carbocycles. The second-order valence-electron chi connectivity index (χ2n) is 7.44. The Labute approximate surface area is 178 Å². The van der Waals surface area contributed by atoms with Gasteiger partial charge in [-0.05, 0) is 54.4 Å². The largest absolute Gasteiger partial charge is 0.503 e. The first-order valence-electron chi connectivity index (χ1n) is 9.81. The summed E-state index contributed by atoms with van der Waals surface area (Å²) in [7, 11) is 0. The van der Waals surface area contributed by atoms with Crippen LogP contribution in [0, 0.1) is 6.92 Å². The van der Waals surface area contributed by atoms with E-state index in [1.165, 1.54) is 4.90 Å². The molecule has 0 bridgehead atoms. The fraction of sp³-hybridized carbons (Fsp3) is 0.0800. The molecule has 1 aliphatic rings. The predicted molar refractivity (Wildman–Crippen MR) is 116 cm³/mol. The Hall–Kier alpha value is -4.19. The van der Waals surface area contributed by atoms with E-state index in [1.807, 2.05) is 43.3 Å². The molecular formula is C25H18N2O4. The standard InChI is InChI=1S/C25H18N2O4/c1-15-5-4-7-18(13-15)27-22(16-9-11-26-12-10-16)21(24(29)25(27)30)23(28)20-14-17-6-2-3-8-19(17)31-20/h2-14,22,29H,1H3. The summed E-state index contributed by atoms with van der Waals surface area (Å²) in [6.45, 7) is 1.92. The SMILES string of the molecule is Cc1cccc(N2C(=O)C(O)=C(C(=O)c3cc4ccccc4o3)C2c2ccncc2)c1. The van der Waals surface area contributed by atoms with Crippen molar-refractivity contribution in [1.29, 1.82) is 0 Å². The third kappa shape index (κ3) is 3.09. The fourth-order valence-corrected chi connectivity index (χ4v) is 3.97. The molecule has 0 saturated carbocycles. The lowest BCUT2D eigenvalue weighted by molar-refractivity contribution is -0.117. The highest BCUT2D eigenvalue weighted by molar-refractivity contribution is 6.20. The van der Waals surface area contributed by atoms with Crippen molar-refractivity contribution in [2.24, 2.45) is 0 Å². The van der Waals surface area contributed by atoms with E-state index in [4.69, 9.17) is 4.42 Å². The minimum atomic E-state index is -0.807. The van der Waals surface area contributed by atoms with Gasteiger partial charge in [0.05, 0.1) is 11.6 Å². The number of carbonyl (C=O) groups excluding carboxylic acids is 2. The lowest BCUT2D eigenvalue weighted by Gasteiger charge is -2.26. The van der Waals surface area contributed by atoms with E-state index in [1.54, 1.807) is 42.7 Å². The number of ketones is 1. The van der Waals surface area contributed by atoms with Crippen LogP contribution in [0.2, 0.25) is 0 Å². The number of anilines is 1. The van der Waals surface area contributed by atoms with Crippen LogP contribution in [-0.4, -0.2) is 21.8 Å². The van der Waals surface area contributed by atoms with Gasteiger partial charge in [0.1, 0.15) is 5.58 Å². The van der Waals surface area contributed by atoms with Crippen LogP contribution in [0.25, 0.3) is 11.0 Å². The smallest absolute Gasteiger partial charge is 0.294 e. The molecule has 1 aliphatic heterocycles. The van der Waals surface area contributed by atoms with Crippen LogP contribution >= 0.6 is 0 Å². The molecule has 0 spiro atoms. The van der Waals surface area contributed by atoms with Gasteiger partial charge in [-0.1, -0.05) is 30.3 Å². The fourth-order valence-electron chi connectivity index (χ4n) is 3.97. The average Bonchev–Trinajstić information content (AvgIpc) is 3.33. The van der Waals surface area contributed by atoms with E-state index in [-0.39, 0.29) is 11.3 Å². The lowest BCUT2D eigenvalue weighted by atomic mass is 9.95. The zero-order valence-corrected chi connectivity index (χ0v) is 16.6. The van der Waals surface area contributed by atoms with Gasteiger partial charge in [0.25, 0.3) is 5.91 Å². The summed E-state index contributed by atoms with van der Waals surface area (Å²) in [5.41, 5.74) is 2.75. The Bertz CT molecular complexity index is 1320. The monoisotopic (exact) mass is 410 g/mol. The van der Waals surface area contributed by atoms with Crippen LogP contribution < -0.4 is 4.90 Å². The van der Waals surface area contributed by atoms with Gasteiger partial charge in [-0.15, -0.1) is 0 Å². The van der Waals surface area contributed by atoms with E-state index >= 15 is 0 Å². The third-order valence-electron chi connectivity index (χ3n) is 5.40. The van der Waals surface area contributed by atoms with Crippen molar-refractivity contribution >= 4 is 28.3 Å². The highest BCUT2D eigenvalue weighted by Gasteiger charge is 2.45. The van der Waals surface area contributed by atoms with Crippen LogP contribution in [0.1, 0.15) is 27.7 Å². The molecule has 1 unspecified atom stereocenters. The lowest BCUT2D eigenvalue weighted by Crippen LogP contribution is -2.31. The molecule has 0 radical (unpaired) electrons. The first-order chi connectivity index (χ1) is 15.0. The number of carbonyl (C=O) groups is 2. The first-order valence-corrected chi connectivity index (χ1v) is 9.81. The van der Waals surface area contributed by atoms with E-state index in [2.05, 4.69) is 4.98 Å². The normalized spacial score (nSPS) is 16.4. The molecule has 1 atom stereocenters. The topological polar surface area (TPSA) is 83.6 Å². The molecule has 2 aromatic carbocycles. The van der Waals surface area contributed by atoms with Gasteiger partial charge in [0.2, 0.25) is 5.78 Å². The maximum atomic E-state index is 13.5. The summed E-state index contributed by atoms with van der Waals surface area (Å²) in [6.07, 6.45) is 3.18. The Morgan fingerprint density at radius 2 is 1.81 bits per heavy atom. The highest BCUT2D eigenvalue weighted by atomic mass is 16.3. The molecule has 1 N–H and O–H groups in total. The van der Waals surface area contributed by atoms with Crippen LogP contribution in [0.5, 0.6) is 0 Å². The molecule has 2 aromatic heterocycles. The second kappa shape index (κ2) is 7.25. The number of para-hydroxylation sites is 1. The van der Waals surface area contributed by atoms with Gasteiger partial charge < -0.3 is 9.52 Å². The zero-order chi connectivity index (χ0) is 21.5. The number of Topliss-reactive ketones (excluding diaryl/α,β-unsaturated/α-hetero) is 1. The number of pyridine rings is 1. The minimum Gasteiger partial charge on any atom is -0.503 e. The number of aryl methyl sites for hydroxylation is 1. The van der Waals surface area contributed by atoms with Gasteiger partial charge in [-0.3, -0.25) is 19.5 Å². The first kappa shape index (κ1) is 18.8. The van der Waals surface area contributed by atoms with Gasteiger partial charge in [-0.25, -0.2) is 0 Å². The number of hydrogen-bond acceptors (Lipinski definition) is 5. The van der Waals surface area contributed by atoms with E-state index in [0.29, 0.717) is 16.8 Å². The van der Waals surface area contributed by atoms with Crippen molar-refractivity contribution in [2.45, 2.75) is 13.0 Å². The molecular weight excluding hydrogens is 392 g/mol. The number of aliphatic hydroxyl groups excluding tert-OH is 1. The number of rotatable bonds is 4. The van der Waals surface area contributed by atoms with Crippen molar-refractivity contribution in [3.8, 4) is 0 Å². The molecule has 6 heteroatoms. The molecule has 31 heavy (non-hydrogen) atoms. The zero-order valence-electron chi connectivity index (χ0n) is 16.6. The van der Waals surface area contributed by atoms with Crippen LogP contribution in [0.15, 0.2) is 94.9 Å². The number of fused-ring (bicyclic) bond motifs is 1. The number of aromatic nitrogens is 1. The van der Waals surface area contributed by atoms with Crippen molar-refractivity contribution in [3.63, 3.8) is 0 Å². The Balaban J connectivity index is 1.67. The van der Waals surface area contributed by atoms with E-state index < -0.39 is 23.5 Å². The van der Waals surface area contributed by atoms with Crippen LogP contribution in [-0.2, 0) is 4.79 Å². The average molecular weight is 410 g/mol. The van der Waals surface area contributed by atoms with Crippen LogP contribution in [0.3, 0.4) is 0 Å². The third-order valence-corrected chi connectivity index (χ3v) is 5.40. The summed E-state index contributed by atoms with van der Waals surface area (Å²) < 4.78 is 5.73. The highest BCUT2D eigenvalue weighted by Crippen LogP contribution is 2.42. The molecule has 0 fully saturated rings. The minimum absolute atomic E-state index is 0.0169. The van der Waals surface area contributed by atoms with E-state index in [9.17, 15) is 14.7 Å². The van der Waals surface area contributed by atoms with Gasteiger partial charge in [-0.2, -0.15) is 0 Å². The second-order valence-corrected chi connectivity index (χ2v) is 7.44. The van der Waals surface area contributed by atoms with Gasteiger partial charge in [0.15, 0.2) is 11.5 Å². The maximum absolute atomic E-state index is 13.5. The maximum Gasteiger partial charge on any atom is 0.294 e. The van der Waals surface area contributed by atoms with Crippen LogP contribution in [0.4, 0.5) is 5.69 Å². The van der Waals surface area contributed by atoms with Crippen molar-refractivity contribution < 1.29 is 19.1 Å². The quantitative estimate of drug-likeness (QED) is 0.483. The Morgan fingerprint density at radius 1 is 1.03 bits per heavy atom. The van der Waals surface area contributed by atoms with E-state index in [0.717, 1.165) is 10.9 Å². The number of hydrogen-bond donors (Lipinski definition) is 1. The summed E-state index contributed by atoms with van der Waals surface area (Å²) in [6, 6.07) is 18.9. The predicted octanol–water partition coefficient (Wildman–Crippen LogP) is 4.92. The molecule has 6 nitrogen and oxygen atoms in total. The van der Waals surface area contributed by atoms with Crippen molar-refractivity contribution in [2.75, 3.05) is 4.90 Å². The molecule has 152 valence electrons. The van der Waals surface area contributed by atoms with Gasteiger partial charge >= 0.3 is 0 Å². The number of furan rings is 1. The summed E-state index contributed by atoms with van der Waals surface area (Å²) in [5, 5.41) is 11.6. The number of benzene rings is 2. The molecule has 5 rings (SSSR count). The number of nitrogens with zero attached hydrogens (tertiary/aromatic N) is 2. The Kier molecular flexibility index (Phi) is 4.40. The molecule has 0 saturated heterocycles. The summed E-state index contributed by atoms with van der Waals surface area (Å²) in [4.78, 5) is 32.1. The molecule has 3 heterocycles. The van der Waals surface area contributed by atoms with Gasteiger partial charge in [0, 0.05) is 23.5 Å². The van der Waals surface area contributed by atoms with Crippen molar-refractivity contribution in [1.82, 2.24) is 4.98 Å².